The standard InChI is InChI=1S/C16H15FN2O/c1-20-11-12-2-4-13(5-3-12)16(10-18)19-15-8-6-14(17)7-9-15/h2-9,16,19H,11H2,1H3. The van der Waals surface area contributed by atoms with Crippen LogP contribution in [-0.2, 0) is 11.3 Å². The van der Waals surface area contributed by atoms with Crippen LogP contribution >= 0.6 is 0 Å². The van der Waals surface area contributed by atoms with Crippen LogP contribution in [0.15, 0.2) is 48.5 Å². The van der Waals surface area contributed by atoms with Gasteiger partial charge < -0.3 is 10.1 Å². The maximum Gasteiger partial charge on any atom is 0.140 e. The summed E-state index contributed by atoms with van der Waals surface area (Å²) in [7, 11) is 1.64. The third-order valence-corrected chi connectivity index (χ3v) is 2.91. The van der Waals surface area contributed by atoms with Crippen molar-refractivity contribution >= 4 is 5.69 Å². The number of hydrogen-bond acceptors (Lipinski definition) is 3. The zero-order valence-corrected chi connectivity index (χ0v) is 11.1. The molecule has 0 aromatic heterocycles. The highest BCUT2D eigenvalue weighted by molar-refractivity contribution is 5.47. The van der Waals surface area contributed by atoms with Crippen LogP contribution in [0.2, 0.25) is 0 Å². The molecule has 102 valence electrons. The van der Waals surface area contributed by atoms with E-state index in [4.69, 9.17) is 4.74 Å². The summed E-state index contributed by atoms with van der Waals surface area (Å²) in [6.07, 6.45) is 0. The number of hydrogen-bond donors (Lipinski definition) is 1. The van der Waals surface area contributed by atoms with E-state index in [1.54, 1.807) is 19.2 Å². The zero-order valence-electron chi connectivity index (χ0n) is 11.1. The van der Waals surface area contributed by atoms with Gasteiger partial charge in [0.25, 0.3) is 0 Å². The first-order chi connectivity index (χ1) is 9.72. The minimum Gasteiger partial charge on any atom is -0.380 e. The quantitative estimate of drug-likeness (QED) is 0.902. The SMILES string of the molecule is COCc1ccc(C(C#N)Nc2ccc(F)cc2)cc1. The van der Waals surface area contributed by atoms with Crippen molar-refractivity contribution in [1.29, 1.82) is 5.26 Å². The van der Waals surface area contributed by atoms with Gasteiger partial charge >= 0.3 is 0 Å². The molecule has 0 fully saturated rings. The van der Waals surface area contributed by atoms with E-state index in [0.29, 0.717) is 12.3 Å². The predicted octanol–water partition coefficient (Wildman–Crippen LogP) is 3.65. The van der Waals surface area contributed by atoms with E-state index >= 15 is 0 Å². The second kappa shape index (κ2) is 6.69. The van der Waals surface area contributed by atoms with Gasteiger partial charge in [0.05, 0.1) is 12.7 Å². The first-order valence-electron chi connectivity index (χ1n) is 6.22. The molecule has 0 aliphatic heterocycles. The monoisotopic (exact) mass is 270 g/mol. The first-order valence-corrected chi connectivity index (χ1v) is 6.22. The Morgan fingerprint density at radius 3 is 2.35 bits per heavy atom. The van der Waals surface area contributed by atoms with Crippen LogP contribution in [0, 0.1) is 17.1 Å². The number of nitrogens with one attached hydrogen (secondary N) is 1. The molecule has 0 aliphatic rings. The first kappa shape index (κ1) is 14.0. The van der Waals surface area contributed by atoms with Crippen LogP contribution in [0.3, 0.4) is 0 Å². The maximum absolute atomic E-state index is 12.8. The largest absolute Gasteiger partial charge is 0.380 e. The fourth-order valence-corrected chi connectivity index (χ4v) is 1.88. The summed E-state index contributed by atoms with van der Waals surface area (Å²) in [5, 5.41) is 12.3. The van der Waals surface area contributed by atoms with Gasteiger partial charge in [-0.1, -0.05) is 24.3 Å². The molecule has 0 aliphatic carbocycles. The average molecular weight is 270 g/mol. The Kier molecular flexibility index (Phi) is 4.70. The Balaban J connectivity index is 2.11. The van der Waals surface area contributed by atoms with Gasteiger partial charge in [-0.05, 0) is 35.4 Å². The lowest BCUT2D eigenvalue weighted by molar-refractivity contribution is 0.185. The van der Waals surface area contributed by atoms with Crippen LogP contribution in [0.5, 0.6) is 0 Å². The van der Waals surface area contributed by atoms with Gasteiger partial charge in [0.15, 0.2) is 0 Å². The van der Waals surface area contributed by atoms with E-state index in [1.165, 1.54) is 12.1 Å². The zero-order chi connectivity index (χ0) is 14.4. The molecular weight excluding hydrogens is 255 g/mol. The van der Waals surface area contributed by atoms with Crippen LogP contribution in [0.25, 0.3) is 0 Å². The van der Waals surface area contributed by atoms with Gasteiger partial charge in [-0.2, -0.15) is 5.26 Å². The molecule has 2 rings (SSSR count). The summed E-state index contributed by atoms with van der Waals surface area (Å²) in [4.78, 5) is 0. The van der Waals surface area contributed by atoms with Gasteiger partial charge in [-0.15, -0.1) is 0 Å². The molecule has 0 radical (unpaired) electrons. The fourth-order valence-electron chi connectivity index (χ4n) is 1.88. The number of halogens is 1. The van der Waals surface area contributed by atoms with E-state index in [-0.39, 0.29) is 5.82 Å². The van der Waals surface area contributed by atoms with E-state index < -0.39 is 6.04 Å². The highest BCUT2D eigenvalue weighted by Crippen LogP contribution is 2.20. The molecule has 20 heavy (non-hydrogen) atoms. The topological polar surface area (TPSA) is 45.0 Å². The summed E-state index contributed by atoms with van der Waals surface area (Å²) >= 11 is 0. The predicted molar refractivity (Wildman–Crippen MR) is 75.5 cm³/mol. The molecule has 1 unspecified atom stereocenters. The molecule has 1 N–H and O–H groups in total. The summed E-state index contributed by atoms with van der Waals surface area (Å²) in [5.41, 5.74) is 2.62. The Labute approximate surface area is 117 Å². The molecule has 3 nitrogen and oxygen atoms in total. The summed E-state index contributed by atoms with van der Waals surface area (Å²) < 4.78 is 17.9. The lowest BCUT2D eigenvalue weighted by atomic mass is 10.1. The number of nitriles is 1. The smallest absolute Gasteiger partial charge is 0.140 e. The van der Waals surface area contributed by atoms with Crippen LogP contribution in [0.4, 0.5) is 10.1 Å². The van der Waals surface area contributed by atoms with Gasteiger partial charge in [0, 0.05) is 12.8 Å². The van der Waals surface area contributed by atoms with Crippen LogP contribution < -0.4 is 5.32 Å². The summed E-state index contributed by atoms with van der Waals surface area (Å²) in [6.45, 7) is 0.545. The molecule has 4 heteroatoms. The highest BCUT2D eigenvalue weighted by Gasteiger charge is 2.10. The third kappa shape index (κ3) is 3.56. The van der Waals surface area contributed by atoms with Gasteiger partial charge in [-0.3, -0.25) is 0 Å². The number of nitrogens with zero attached hydrogens (tertiary/aromatic N) is 1. The Hall–Kier alpha value is -2.38. The van der Waals surface area contributed by atoms with E-state index in [1.807, 2.05) is 24.3 Å². The van der Waals surface area contributed by atoms with E-state index in [9.17, 15) is 9.65 Å². The van der Waals surface area contributed by atoms with Crippen molar-refractivity contribution in [2.24, 2.45) is 0 Å². The van der Waals surface area contributed by atoms with Gasteiger partial charge in [-0.25, -0.2) is 4.39 Å². The number of benzene rings is 2. The molecule has 0 heterocycles. The minimum atomic E-state index is -0.475. The van der Waals surface area contributed by atoms with E-state index in [2.05, 4.69) is 11.4 Å². The third-order valence-electron chi connectivity index (χ3n) is 2.91. The van der Waals surface area contributed by atoms with Crippen molar-refractivity contribution in [3.63, 3.8) is 0 Å². The van der Waals surface area contributed by atoms with Crippen molar-refractivity contribution in [1.82, 2.24) is 0 Å². The number of rotatable bonds is 5. The fraction of sp³-hybridized carbons (Fsp3) is 0.188. The molecular formula is C16H15FN2O. The lowest BCUT2D eigenvalue weighted by Crippen LogP contribution is -2.08. The maximum atomic E-state index is 12.8. The summed E-state index contributed by atoms with van der Waals surface area (Å²) in [6, 6.07) is 15.3. The molecule has 2 aromatic rings. The van der Waals surface area contributed by atoms with E-state index in [0.717, 1.165) is 11.1 Å². The number of anilines is 1. The molecule has 0 spiro atoms. The Bertz CT molecular complexity index is 587. The van der Waals surface area contributed by atoms with Gasteiger partial charge in [0.2, 0.25) is 0 Å². The molecule has 0 amide bonds. The number of methoxy groups -OCH3 is 1. The lowest BCUT2D eigenvalue weighted by Gasteiger charge is -2.13. The normalized spacial score (nSPS) is 11.7. The van der Waals surface area contributed by atoms with Crippen molar-refractivity contribution in [3.05, 3.63) is 65.5 Å². The molecule has 0 saturated carbocycles. The molecule has 2 aromatic carbocycles. The van der Waals surface area contributed by atoms with Crippen molar-refractivity contribution in [3.8, 4) is 6.07 Å². The highest BCUT2D eigenvalue weighted by atomic mass is 19.1. The number of ether oxygens (including phenoxy) is 1. The van der Waals surface area contributed by atoms with Crippen molar-refractivity contribution in [2.45, 2.75) is 12.6 Å². The van der Waals surface area contributed by atoms with Crippen LogP contribution in [-0.4, -0.2) is 7.11 Å². The average Bonchev–Trinajstić information content (AvgIpc) is 2.48. The molecule has 1 atom stereocenters. The van der Waals surface area contributed by atoms with Crippen LogP contribution in [0.1, 0.15) is 17.2 Å². The van der Waals surface area contributed by atoms with Crippen molar-refractivity contribution < 1.29 is 9.13 Å². The minimum absolute atomic E-state index is 0.298. The molecule has 0 bridgehead atoms. The Morgan fingerprint density at radius 2 is 1.80 bits per heavy atom. The second-order valence-electron chi connectivity index (χ2n) is 4.39. The Morgan fingerprint density at radius 1 is 1.15 bits per heavy atom. The van der Waals surface area contributed by atoms with Gasteiger partial charge in [0.1, 0.15) is 11.9 Å². The summed E-state index contributed by atoms with van der Waals surface area (Å²) in [5.74, 6) is -0.298. The second-order valence-corrected chi connectivity index (χ2v) is 4.39. The molecule has 0 saturated heterocycles. The van der Waals surface area contributed by atoms with Crippen molar-refractivity contribution in [2.75, 3.05) is 12.4 Å².